The minimum absolute atomic E-state index is 0.785. The highest BCUT2D eigenvalue weighted by molar-refractivity contribution is 6.26. The van der Waals surface area contributed by atoms with Gasteiger partial charge in [0.25, 0.3) is 0 Å². The second kappa shape index (κ2) is 13.9. The number of rotatable bonds is 4. The molecule has 0 bridgehead atoms. The van der Waals surface area contributed by atoms with Crippen molar-refractivity contribution >= 4 is 60.7 Å². The number of hydrogen-bond acceptors (Lipinski definition) is 1. The zero-order valence-corrected chi connectivity index (χ0v) is 31.0. The van der Waals surface area contributed by atoms with Gasteiger partial charge >= 0.3 is 0 Å². The van der Waals surface area contributed by atoms with Gasteiger partial charge in [-0.05, 0) is 78.8 Å². The molecule has 0 atom stereocenters. The van der Waals surface area contributed by atoms with Crippen molar-refractivity contribution in [1.29, 1.82) is 0 Å². The second-order valence-electron chi connectivity index (χ2n) is 14.6. The van der Waals surface area contributed by atoms with Crippen molar-refractivity contribution in [2.24, 2.45) is 4.99 Å². The van der Waals surface area contributed by atoms with Gasteiger partial charge in [0.2, 0.25) is 0 Å². The van der Waals surface area contributed by atoms with Crippen molar-refractivity contribution in [2.75, 3.05) is 0 Å². The number of nitrogens with zero attached hydrogens (tertiary/aromatic N) is 3. The maximum Gasteiger partial charge on any atom is 0.114 e. The van der Waals surface area contributed by atoms with E-state index in [1.165, 1.54) is 71.4 Å². The van der Waals surface area contributed by atoms with Gasteiger partial charge in [-0.25, -0.2) is 4.99 Å². The van der Waals surface area contributed by atoms with Crippen molar-refractivity contribution in [3.05, 3.63) is 199 Å². The summed E-state index contributed by atoms with van der Waals surface area (Å²) in [7, 11) is 0. The topological polar surface area (TPSA) is 22.2 Å². The molecule has 3 heteroatoms. The lowest BCUT2D eigenvalue weighted by Crippen LogP contribution is -2.14. The van der Waals surface area contributed by atoms with Gasteiger partial charge in [-0.15, -0.1) is 0 Å². The lowest BCUT2D eigenvalue weighted by Gasteiger charge is -2.19. The average molecular weight is 708 g/mol. The molecule has 10 rings (SSSR count). The zero-order valence-electron chi connectivity index (χ0n) is 31.0. The Balaban J connectivity index is 1.28. The standard InChI is InChI=1S/C52H41N3/c1-36-31-34-50(53-47(28-16-27-42(36)38-19-7-3-8-20-38)40-22-15-21-39(35-40)37-17-5-2-6-18-37)55-49-30-14-12-26-44(49)46-33-32-45-43-25-11-13-29-48(43)54(51(45)52(46)55)41-23-9-4-10-24-41/h2-15,17-26,28-30,32-33,35H,16,27,31,34H2,1H3/b42-36-,47-28-,53-50+. The molecule has 0 fully saturated rings. The number of aliphatic imine (C=N–C) groups is 1. The predicted molar refractivity (Wildman–Crippen MR) is 234 cm³/mol. The molecule has 0 amide bonds. The van der Waals surface area contributed by atoms with E-state index in [-0.39, 0.29) is 0 Å². The molecule has 1 aliphatic rings. The molecule has 3 nitrogen and oxygen atoms in total. The molecule has 1 aliphatic heterocycles. The first-order valence-electron chi connectivity index (χ1n) is 19.4. The van der Waals surface area contributed by atoms with Crippen molar-refractivity contribution in [2.45, 2.75) is 32.6 Å². The number of hydrogen-bond donors (Lipinski definition) is 0. The van der Waals surface area contributed by atoms with Crippen LogP contribution in [0, 0.1) is 0 Å². The molecule has 2 aromatic heterocycles. The van der Waals surface area contributed by atoms with Crippen LogP contribution in [0.3, 0.4) is 0 Å². The Morgan fingerprint density at radius 2 is 0.982 bits per heavy atom. The summed E-state index contributed by atoms with van der Waals surface area (Å²) in [5.41, 5.74) is 14.6. The molecule has 264 valence electrons. The van der Waals surface area contributed by atoms with Crippen LogP contribution in [-0.4, -0.2) is 15.0 Å². The maximum absolute atomic E-state index is 5.79. The van der Waals surface area contributed by atoms with Crippen LogP contribution in [0.5, 0.6) is 0 Å². The number of fused-ring (bicyclic) bond motifs is 7. The monoisotopic (exact) mass is 707 g/mol. The van der Waals surface area contributed by atoms with Crippen molar-refractivity contribution in [1.82, 2.24) is 9.13 Å². The van der Waals surface area contributed by atoms with Gasteiger partial charge in [0.1, 0.15) is 5.84 Å². The number of benzene rings is 7. The Bertz CT molecular complexity index is 2960. The van der Waals surface area contributed by atoms with Gasteiger partial charge < -0.3 is 4.57 Å². The molecule has 0 spiro atoms. The number of allylic oxidation sites excluding steroid dienone is 3. The van der Waals surface area contributed by atoms with Crippen LogP contribution in [0.15, 0.2) is 193 Å². The molecule has 0 radical (unpaired) electrons. The molecule has 7 aromatic carbocycles. The molecule has 0 aliphatic carbocycles. The summed E-state index contributed by atoms with van der Waals surface area (Å²) in [5, 5.41) is 4.96. The normalized spacial score (nSPS) is 17.3. The third kappa shape index (κ3) is 5.80. The van der Waals surface area contributed by atoms with E-state index in [1.807, 2.05) is 0 Å². The van der Waals surface area contributed by atoms with E-state index in [0.29, 0.717) is 0 Å². The summed E-state index contributed by atoms with van der Waals surface area (Å²) < 4.78 is 4.96. The predicted octanol–water partition coefficient (Wildman–Crippen LogP) is 13.9. The maximum atomic E-state index is 5.79. The molecular weight excluding hydrogens is 667 g/mol. The van der Waals surface area contributed by atoms with E-state index in [2.05, 4.69) is 198 Å². The Labute approximate surface area is 321 Å². The van der Waals surface area contributed by atoms with Crippen LogP contribution in [0.25, 0.3) is 71.7 Å². The first-order chi connectivity index (χ1) is 27.2. The molecule has 3 heterocycles. The summed E-state index contributed by atoms with van der Waals surface area (Å²) in [6.07, 6.45) is 5.93. The summed E-state index contributed by atoms with van der Waals surface area (Å²) >= 11 is 0. The fraction of sp³-hybridized carbons (Fsp3) is 0.0962. The Morgan fingerprint density at radius 3 is 1.67 bits per heavy atom. The summed E-state index contributed by atoms with van der Waals surface area (Å²) in [5.74, 6) is 1.05. The Kier molecular flexibility index (Phi) is 8.33. The van der Waals surface area contributed by atoms with Crippen molar-refractivity contribution in [3.8, 4) is 16.8 Å². The molecule has 55 heavy (non-hydrogen) atoms. The molecular formula is C52H41N3. The quantitative estimate of drug-likeness (QED) is 0.174. The van der Waals surface area contributed by atoms with E-state index in [4.69, 9.17) is 4.99 Å². The highest BCUT2D eigenvalue weighted by Crippen LogP contribution is 2.41. The molecule has 0 N–H and O–H groups in total. The molecule has 0 saturated carbocycles. The fourth-order valence-corrected chi connectivity index (χ4v) is 8.73. The average Bonchev–Trinajstić information content (AvgIpc) is 3.77. The summed E-state index contributed by atoms with van der Waals surface area (Å²) in [6.45, 7) is 2.33. The lowest BCUT2D eigenvalue weighted by molar-refractivity contribution is 0.948. The smallest absolute Gasteiger partial charge is 0.114 e. The third-order valence-corrected chi connectivity index (χ3v) is 11.3. The van der Waals surface area contributed by atoms with Crippen LogP contribution >= 0.6 is 0 Å². The van der Waals surface area contributed by atoms with E-state index in [0.717, 1.165) is 48.5 Å². The van der Waals surface area contributed by atoms with Crippen molar-refractivity contribution in [3.63, 3.8) is 0 Å². The van der Waals surface area contributed by atoms with Crippen molar-refractivity contribution < 1.29 is 0 Å². The third-order valence-electron chi connectivity index (χ3n) is 11.3. The number of para-hydroxylation sites is 3. The summed E-state index contributed by atoms with van der Waals surface area (Å²) in [4.78, 5) is 5.79. The Morgan fingerprint density at radius 1 is 0.436 bits per heavy atom. The number of aromatic nitrogens is 2. The molecule has 0 saturated heterocycles. The van der Waals surface area contributed by atoms with Gasteiger partial charge in [-0.3, -0.25) is 4.57 Å². The van der Waals surface area contributed by atoms with Crippen LogP contribution in [-0.2, 0) is 0 Å². The minimum atomic E-state index is 0.785. The van der Waals surface area contributed by atoms with Gasteiger partial charge in [-0.2, -0.15) is 0 Å². The molecule has 0 unspecified atom stereocenters. The largest absolute Gasteiger partial charge is 0.307 e. The highest BCUT2D eigenvalue weighted by Gasteiger charge is 2.23. The fourth-order valence-electron chi connectivity index (χ4n) is 8.73. The first-order valence-corrected chi connectivity index (χ1v) is 19.4. The van der Waals surface area contributed by atoms with Crippen LogP contribution in [0.2, 0.25) is 0 Å². The summed E-state index contributed by atoms with van der Waals surface area (Å²) in [6, 6.07) is 63.7. The highest BCUT2D eigenvalue weighted by atomic mass is 15.1. The second-order valence-corrected chi connectivity index (χ2v) is 14.6. The van der Waals surface area contributed by atoms with Crippen LogP contribution < -0.4 is 0 Å². The van der Waals surface area contributed by atoms with E-state index in [1.54, 1.807) is 0 Å². The van der Waals surface area contributed by atoms with Gasteiger partial charge in [0.15, 0.2) is 0 Å². The first kappa shape index (κ1) is 32.9. The zero-order chi connectivity index (χ0) is 36.7. The van der Waals surface area contributed by atoms with E-state index in [9.17, 15) is 0 Å². The SMILES string of the molecule is C/C1=C(/c2ccccc2)CC/C=C(c2cccc(-c3ccccc3)c2)\N=C(\n2c3ccccc3c3ccc4c5ccccc5n(-c5ccccc5)c4c32)CC1. The Hall–Kier alpha value is -6.71. The lowest BCUT2D eigenvalue weighted by atomic mass is 9.93. The van der Waals surface area contributed by atoms with Gasteiger partial charge in [0.05, 0.1) is 27.8 Å². The minimum Gasteiger partial charge on any atom is -0.307 e. The van der Waals surface area contributed by atoms with Crippen LogP contribution in [0.1, 0.15) is 43.7 Å². The van der Waals surface area contributed by atoms with E-state index < -0.39 is 0 Å². The van der Waals surface area contributed by atoms with Gasteiger partial charge in [0, 0.05) is 39.2 Å². The van der Waals surface area contributed by atoms with E-state index >= 15 is 0 Å². The van der Waals surface area contributed by atoms with Gasteiger partial charge in [-0.1, -0.05) is 157 Å². The van der Waals surface area contributed by atoms with Crippen LogP contribution in [0.4, 0.5) is 0 Å². The molecule has 9 aromatic rings.